The van der Waals surface area contributed by atoms with E-state index >= 15 is 0 Å². The van der Waals surface area contributed by atoms with Gasteiger partial charge in [-0.05, 0) is 0 Å². The minimum absolute atomic E-state index is 0.890. The molecule has 0 aromatic carbocycles. The van der Waals surface area contributed by atoms with E-state index in [0.29, 0.717) is 0 Å². The summed E-state index contributed by atoms with van der Waals surface area (Å²) in [6.07, 6.45) is 0. The van der Waals surface area contributed by atoms with Gasteiger partial charge in [0.25, 0.3) is 5.78 Å². The molecule has 0 aliphatic rings. The number of carbonyl (C=O) groups excluding carboxylic acids is 1. The van der Waals surface area contributed by atoms with Gasteiger partial charge in [-0.25, -0.2) is 4.79 Å². The van der Waals surface area contributed by atoms with Gasteiger partial charge in [-0.2, -0.15) is 4.21 Å². The molecule has 0 spiro atoms. The topological polar surface area (TPSA) is 101 Å². The summed E-state index contributed by atoms with van der Waals surface area (Å²) in [7, 11) is 0. The second kappa shape index (κ2) is 4.09. The van der Waals surface area contributed by atoms with Crippen molar-refractivity contribution in [3.05, 3.63) is 0 Å². The number of carbonyl (C=O) groups is 2. The summed E-state index contributed by atoms with van der Waals surface area (Å²) < 4.78 is 21.3. The number of Topliss-reactive ketones (excluding diaryl/α,β-unsaturated/α-hetero) is 1. The maximum atomic E-state index is 10.1. The van der Waals surface area contributed by atoms with Crippen LogP contribution in [0.4, 0.5) is 0 Å². The lowest BCUT2D eigenvalue weighted by molar-refractivity contribution is -0.149. The van der Waals surface area contributed by atoms with E-state index in [-0.39, 0.29) is 0 Å². The van der Waals surface area contributed by atoms with Crippen molar-refractivity contribution in [2.24, 2.45) is 0 Å². The Morgan fingerprint density at radius 1 is 1.50 bits per heavy atom. The molecule has 0 bridgehead atoms. The fourth-order valence-electron chi connectivity index (χ4n) is 0.166. The van der Waals surface area contributed by atoms with Gasteiger partial charge in [-0.3, -0.25) is 13.5 Å². The zero-order chi connectivity index (χ0) is 8.15. The van der Waals surface area contributed by atoms with Crippen molar-refractivity contribution in [2.45, 2.75) is 0 Å². The molecule has 0 aliphatic carbocycles. The van der Waals surface area contributed by atoms with E-state index < -0.39 is 29.7 Å². The third-order valence-electron chi connectivity index (χ3n) is 0.529. The molecule has 7 heteroatoms. The van der Waals surface area contributed by atoms with E-state index in [4.69, 9.17) is 9.66 Å². The molecule has 6 nitrogen and oxygen atoms in total. The highest BCUT2D eigenvalue weighted by atomic mass is 32.2. The van der Waals surface area contributed by atoms with Crippen molar-refractivity contribution in [1.82, 2.24) is 0 Å². The summed E-state index contributed by atoms with van der Waals surface area (Å²) in [4.78, 5) is 19.8. The van der Waals surface area contributed by atoms with Crippen LogP contribution in [-0.2, 0) is 25.1 Å². The number of hydrogen-bond acceptors (Lipinski definition) is 4. The maximum absolute atomic E-state index is 10.1. The largest absolute Gasteiger partial charge is 0.475 e. The predicted octanol–water partition coefficient (Wildman–Crippen LogP) is -1.21. The third kappa shape index (κ3) is 4.13. The average Bonchev–Trinajstić information content (AvgIpc) is 1.82. The molecule has 58 valence electrons. The first kappa shape index (κ1) is 9.21. The number of ketones is 1. The van der Waals surface area contributed by atoms with Gasteiger partial charge in [-0.1, -0.05) is 0 Å². The van der Waals surface area contributed by atoms with Gasteiger partial charge in [0, 0.05) is 0 Å². The molecule has 0 aliphatic heterocycles. The molecular formula is C3H4O6S. The number of rotatable bonds is 4. The number of aliphatic carboxylic acids is 1. The van der Waals surface area contributed by atoms with Crippen molar-refractivity contribution in [3.8, 4) is 0 Å². The van der Waals surface area contributed by atoms with Gasteiger partial charge in [0.05, 0.1) is 0 Å². The van der Waals surface area contributed by atoms with E-state index in [2.05, 4.69) is 4.18 Å². The number of carboxylic acids is 1. The summed E-state index contributed by atoms with van der Waals surface area (Å²) in [5.74, 6) is -2.95. The highest BCUT2D eigenvalue weighted by molar-refractivity contribution is 7.74. The zero-order valence-electron chi connectivity index (χ0n) is 4.64. The molecule has 0 heterocycles. The van der Waals surface area contributed by atoms with Crippen LogP contribution in [0, 0.1) is 0 Å². The van der Waals surface area contributed by atoms with E-state index in [9.17, 15) is 13.8 Å². The van der Waals surface area contributed by atoms with Crippen LogP contribution in [-0.4, -0.2) is 32.2 Å². The monoisotopic (exact) mass is 168 g/mol. The molecule has 0 fully saturated rings. The smallest absolute Gasteiger partial charge is 0.374 e. The molecule has 10 heavy (non-hydrogen) atoms. The van der Waals surface area contributed by atoms with E-state index in [1.807, 2.05) is 0 Å². The molecule has 2 N–H and O–H groups in total. The molecule has 0 rings (SSSR count). The lowest BCUT2D eigenvalue weighted by atomic mass is 10.4. The highest BCUT2D eigenvalue weighted by Gasteiger charge is 2.12. The first-order valence-corrected chi connectivity index (χ1v) is 3.07. The summed E-state index contributed by atoms with van der Waals surface area (Å²) in [6, 6.07) is 0. The average molecular weight is 168 g/mol. The summed E-state index contributed by atoms with van der Waals surface area (Å²) in [6.45, 7) is -0.890. The van der Waals surface area contributed by atoms with Gasteiger partial charge in [-0.15, -0.1) is 0 Å². The molecule has 0 aromatic rings. The minimum atomic E-state index is -2.59. The Kier molecular flexibility index (Phi) is 3.77. The number of carboxylic acid groups (broad SMARTS) is 1. The van der Waals surface area contributed by atoms with Crippen LogP contribution in [0.5, 0.6) is 0 Å². The zero-order valence-corrected chi connectivity index (χ0v) is 5.46. The van der Waals surface area contributed by atoms with Crippen LogP contribution in [0.3, 0.4) is 0 Å². The van der Waals surface area contributed by atoms with Crippen LogP contribution in [0.25, 0.3) is 0 Å². The molecule has 1 unspecified atom stereocenters. The molecule has 0 radical (unpaired) electrons. The van der Waals surface area contributed by atoms with Crippen molar-refractivity contribution in [1.29, 1.82) is 0 Å². The first-order chi connectivity index (χ1) is 4.54. The molecule has 1 atom stereocenters. The quantitative estimate of drug-likeness (QED) is 0.403. The van der Waals surface area contributed by atoms with Crippen LogP contribution >= 0.6 is 0 Å². The maximum Gasteiger partial charge on any atom is 0.374 e. The molecule has 0 aromatic heterocycles. The molecule has 0 saturated carbocycles. The second-order valence-corrected chi connectivity index (χ2v) is 1.88. The van der Waals surface area contributed by atoms with Gasteiger partial charge in [0.15, 0.2) is 0 Å². The second-order valence-electron chi connectivity index (χ2n) is 1.21. The molecular weight excluding hydrogens is 164 g/mol. The van der Waals surface area contributed by atoms with Crippen LogP contribution in [0.2, 0.25) is 0 Å². The SMILES string of the molecule is O=C(O)C(=O)COS(=O)O. The van der Waals surface area contributed by atoms with Gasteiger partial charge < -0.3 is 5.11 Å². The Hall–Kier alpha value is -0.790. The summed E-state index contributed by atoms with van der Waals surface area (Å²) in [5, 5.41) is 7.88. The normalized spacial score (nSPS) is 12.5. The van der Waals surface area contributed by atoms with Gasteiger partial charge in [0.2, 0.25) is 0 Å². The Labute approximate surface area is 58.3 Å². The van der Waals surface area contributed by atoms with E-state index in [0.717, 1.165) is 0 Å². The standard InChI is InChI=1S/C3H4O6S/c4-2(3(5)6)1-9-10(7)8/h1H2,(H,5,6)(H,7,8). The first-order valence-electron chi connectivity index (χ1n) is 2.04. The highest BCUT2D eigenvalue weighted by Crippen LogP contribution is 1.80. The lowest BCUT2D eigenvalue weighted by Crippen LogP contribution is -2.19. The van der Waals surface area contributed by atoms with Crippen molar-refractivity contribution < 1.29 is 27.6 Å². The van der Waals surface area contributed by atoms with E-state index in [1.165, 1.54) is 0 Å². The Bertz CT molecular complexity index is 174. The van der Waals surface area contributed by atoms with Crippen molar-refractivity contribution >= 4 is 23.1 Å². The van der Waals surface area contributed by atoms with Gasteiger partial charge >= 0.3 is 17.3 Å². The van der Waals surface area contributed by atoms with Gasteiger partial charge in [0.1, 0.15) is 6.61 Å². The summed E-state index contributed by atoms with van der Waals surface area (Å²) >= 11 is -2.59. The van der Waals surface area contributed by atoms with Crippen molar-refractivity contribution in [2.75, 3.05) is 6.61 Å². The van der Waals surface area contributed by atoms with Crippen LogP contribution in [0.15, 0.2) is 0 Å². The van der Waals surface area contributed by atoms with Crippen molar-refractivity contribution in [3.63, 3.8) is 0 Å². The molecule has 0 saturated heterocycles. The number of hydrogen-bond donors (Lipinski definition) is 2. The Balaban J connectivity index is 3.60. The van der Waals surface area contributed by atoms with Crippen LogP contribution in [0.1, 0.15) is 0 Å². The fraction of sp³-hybridized carbons (Fsp3) is 0.333. The fourth-order valence-corrected chi connectivity index (χ4v) is 0.374. The Morgan fingerprint density at radius 3 is 2.30 bits per heavy atom. The molecule has 0 amide bonds. The van der Waals surface area contributed by atoms with Crippen LogP contribution < -0.4 is 0 Å². The van der Waals surface area contributed by atoms with E-state index in [1.54, 1.807) is 0 Å². The Morgan fingerprint density at radius 2 is 2.00 bits per heavy atom. The minimum Gasteiger partial charge on any atom is -0.475 e. The third-order valence-corrected chi connectivity index (χ3v) is 0.849. The predicted molar refractivity (Wildman–Crippen MR) is 29.4 cm³/mol. The summed E-state index contributed by atoms with van der Waals surface area (Å²) in [5.41, 5.74) is 0. The lowest BCUT2D eigenvalue weighted by Gasteiger charge is -1.91.